The van der Waals surface area contributed by atoms with E-state index in [0.717, 1.165) is 15.6 Å². The molecule has 106 valence electrons. The number of nitrogens with one attached hydrogen (secondary N) is 2. The Balaban J connectivity index is 2.21. The molecule has 7 heteroatoms. The zero-order chi connectivity index (χ0) is 14.7. The van der Waals surface area contributed by atoms with E-state index < -0.39 is 11.5 Å². The summed E-state index contributed by atoms with van der Waals surface area (Å²) in [5.41, 5.74) is 0.534. The minimum atomic E-state index is -0.446. The molecule has 2 heterocycles. The fraction of sp³-hybridized carbons (Fsp3) is 0.385. The highest BCUT2D eigenvalue weighted by Gasteiger charge is 2.19. The second-order valence-corrected chi connectivity index (χ2v) is 5.66. The zero-order valence-electron chi connectivity index (χ0n) is 11.6. The van der Waals surface area contributed by atoms with Gasteiger partial charge < -0.3 is 10.3 Å². The molecule has 0 aliphatic rings. The van der Waals surface area contributed by atoms with Crippen LogP contribution in [0.4, 0.5) is 0 Å². The molecule has 2 aromatic rings. The van der Waals surface area contributed by atoms with Gasteiger partial charge in [-0.2, -0.15) is 0 Å². The van der Waals surface area contributed by atoms with E-state index in [0.29, 0.717) is 6.42 Å². The van der Waals surface area contributed by atoms with Gasteiger partial charge in [-0.15, -0.1) is 11.3 Å². The van der Waals surface area contributed by atoms with E-state index in [1.54, 1.807) is 11.3 Å². The van der Waals surface area contributed by atoms with Crippen LogP contribution in [0.25, 0.3) is 0 Å². The molecule has 0 saturated carbocycles. The number of nitrogens with zero attached hydrogens (tertiary/aromatic N) is 2. The number of amides is 1. The van der Waals surface area contributed by atoms with Gasteiger partial charge in [-0.3, -0.25) is 9.59 Å². The highest BCUT2D eigenvalue weighted by atomic mass is 32.1. The lowest BCUT2D eigenvalue weighted by Crippen LogP contribution is -2.32. The highest BCUT2D eigenvalue weighted by Crippen LogP contribution is 2.24. The molecule has 0 radical (unpaired) electrons. The summed E-state index contributed by atoms with van der Waals surface area (Å²) in [6, 6.07) is -0.195. The van der Waals surface area contributed by atoms with E-state index >= 15 is 0 Å². The van der Waals surface area contributed by atoms with Crippen LogP contribution < -0.4 is 10.9 Å². The molecular formula is C13H16N4O2S. The van der Waals surface area contributed by atoms with Crippen molar-refractivity contribution in [2.75, 3.05) is 0 Å². The quantitative estimate of drug-likeness (QED) is 0.898. The topological polar surface area (TPSA) is 87.7 Å². The van der Waals surface area contributed by atoms with Crippen LogP contribution >= 0.6 is 11.3 Å². The fourth-order valence-corrected chi connectivity index (χ4v) is 2.78. The third-order valence-electron chi connectivity index (χ3n) is 3.02. The molecule has 1 unspecified atom stereocenters. The standard InChI is InChI=1S/C13H16N4O2S/c1-4-10(13-16-7(2)8(3)20-13)17-12(19)9-5-14-6-15-11(9)18/h5-6,10H,4H2,1-3H3,(H,17,19)(H,14,15,18). The van der Waals surface area contributed by atoms with Crippen LogP contribution in [-0.4, -0.2) is 20.9 Å². The fourth-order valence-electron chi connectivity index (χ4n) is 1.73. The Morgan fingerprint density at radius 1 is 1.50 bits per heavy atom. The zero-order valence-corrected chi connectivity index (χ0v) is 12.4. The van der Waals surface area contributed by atoms with Crippen molar-refractivity contribution in [3.8, 4) is 0 Å². The molecule has 1 amide bonds. The maximum atomic E-state index is 12.1. The molecule has 2 rings (SSSR count). The summed E-state index contributed by atoms with van der Waals surface area (Å²) < 4.78 is 0. The van der Waals surface area contributed by atoms with E-state index in [2.05, 4.69) is 20.3 Å². The lowest BCUT2D eigenvalue weighted by atomic mass is 10.2. The van der Waals surface area contributed by atoms with Gasteiger partial charge in [0.15, 0.2) is 0 Å². The average Bonchev–Trinajstić information content (AvgIpc) is 2.76. The maximum absolute atomic E-state index is 12.1. The summed E-state index contributed by atoms with van der Waals surface area (Å²) in [4.78, 5) is 35.4. The number of aromatic amines is 1. The number of H-pyrrole nitrogens is 1. The molecule has 0 fully saturated rings. The largest absolute Gasteiger partial charge is 0.343 e. The van der Waals surface area contributed by atoms with Gasteiger partial charge in [-0.1, -0.05) is 6.92 Å². The lowest BCUT2D eigenvalue weighted by Gasteiger charge is -2.13. The Labute approximate surface area is 120 Å². The lowest BCUT2D eigenvalue weighted by molar-refractivity contribution is 0.0933. The van der Waals surface area contributed by atoms with Crippen LogP contribution in [0.3, 0.4) is 0 Å². The Bertz CT molecular complexity index is 658. The summed E-state index contributed by atoms with van der Waals surface area (Å²) in [6.07, 6.45) is 3.22. The van der Waals surface area contributed by atoms with Crippen molar-refractivity contribution in [2.45, 2.75) is 33.2 Å². The van der Waals surface area contributed by atoms with Gasteiger partial charge in [0.05, 0.1) is 18.1 Å². The molecule has 0 saturated heterocycles. The molecule has 0 aromatic carbocycles. The summed E-state index contributed by atoms with van der Waals surface area (Å²) in [6.45, 7) is 5.90. The van der Waals surface area contributed by atoms with Gasteiger partial charge in [0.2, 0.25) is 0 Å². The van der Waals surface area contributed by atoms with Crippen LogP contribution in [0, 0.1) is 13.8 Å². The smallest absolute Gasteiger partial charge is 0.263 e. The maximum Gasteiger partial charge on any atom is 0.263 e. The molecule has 2 aromatic heterocycles. The molecule has 0 aliphatic heterocycles. The van der Waals surface area contributed by atoms with Gasteiger partial charge in [0, 0.05) is 11.1 Å². The third-order valence-corrected chi connectivity index (χ3v) is 4.21. The first kappa shape index (κ1) is 14.4. The summed E-state index contributed by atoms with van der Waals surface area (Å²) in [5, 5.41) is 3.69. The molecule has 1 atom stereocenters. The second kappa shape index (κ2) is 5.96. The Morgan fingerprint density at radius 2 is 2.25 bits per heavy atom. The predicted octanol–water partition coefficient (Wildman–Crippen LogP) is 1.72. The molecular weight excluding hydrogens is 276 g/mol. The van der Waals surface area contributed by atoms with E-state index in [1.807, 2.05) is 20.8 Å². The average molecular weight is 292 g/mol. The number of hydrogen-bond acceptors (Lipinski definition) is 5. The SMILES string of the molecule is CCC(NC(=O)c1cnc[nH]c1=O)c1nc(C)c(C)s1. The number of thiazole rings is 1. The first-order valence-electron chi connectivity index (χ1n) is 6.30. The van der Waals surface area contributed by atoms with Gasteiger partial charge in [-0.05, 0) is 20.3 Å². The van der Waals surface area contributed by atoms with Crippen LogP contribution in [0.15, 0.2) is 17.3 Å². The number of carbonyl (C=O) groups is 1. The number of aryl methyl sites for hydroxylation is 2. The van der Waals surface area contributed by atoms with Crippen LogP contribution in [-0.2, 0) is 0 Å². The molecule has 6 nitrogen and oxygen atoms in total. The predicted molar refractivity (Wildman–Crippen MR) is 76.9 cm³/mol. The van der Waals surface area contributed by atoms with Crippen molar-refractivity contribution >= 4 is 17.2 Å². The van der Waals surface area contributed by atoms with Crippen molar-refractivity contribution in [3.05, 3.63) is 44.0 Å². The minimum Gasteiger partial charge on any atom is -0.343 e. The second-order valence-electron chi connectivity index (χ2n) is 4.42. The van der Waals surface area contributed by atoms with Crippen molar-refractivity contribution in [1.29, 1.82) is 0 Å². The van der Waals surface area contributed by atoms with Gasteiger partial charge in [-0.25, -0.2) is 9.97 Å². The highest BCUT2D eigenvalue weighted by molar-refractivity contribution is 7.11. The minimum absolute atomic E-state index is 0.0101. The van der Waals surface area contributed by atoms with Crippen molar-refractivity contribution < 1.29 is 4.79 Å². The van der Waals surface area contributed by atoms with E-state index in [1.165, 1.54) is 12.5 Å². The Morgan fingerprint density at radius 3 is 2.80 bits per heavy atom. The normalized spacial score (nSPS) is 12.2. The Kier molecular flexibility index (Phi) is 4.29. The molecule has 0 aliphatic carbocycles. The number of aromatic nitrogens is 3. The van der Waals surface area contributed by atoms with E-state index in [-0.39, 0.29) is 11.6 Å². The molecule has 20 heavy (non-hydrogen) atoms. The van der Waals surface area contributed by atoms with Gasteiger partial charge in [0.1, 0.15) is 10.6 Å². The van der Waals surface area contributed by atoms with E-state index in [4.69, 9.17) is 0 Å². The summed E-state index contributed by atoms with van der Waals surface area (Å²) in [5.74, 6) is -0.434. The molecule has 2 N–H and O–H groups in total. The summed E-state index contributed by atoms with van der Waals surface area (Å²) in [7, 11) is 0. The van der Waals surface area contributed by atoms with Crippen molar-refractivity contribution in [1.82, 2.24) is 20.3 Å². The van der Waals surface area contributed by atoms with E-state index in [9.17, 15) is 9.59 Å². The van der Waals surface area contributed by atoms with Crippen LogP contribution in [0.2, 0.25) is 0 Å². The van der Waals surface area contributed by atoms with Crippen LogP contribution in [0.5, 0.6) is 0 Å². The third kappa shape index (κ3) is 2.93. The number of carbonyl (C=O) groups excluding carboxylic acids is 1. The monoisotopic (exact) mass is 292 g/mol. The van der Waals surface area contributed by atoms with Gasteiger partial charge >= 0.3 is 0 Å². The van der Waals surface area contributed by atoms with Crippen LogP contribution in [0.1, 0.15) is 45.3 Å². The summed E-state index contributed by atoms with van der Waals surface area (Å²) >= 11 is 1.56. The van der Waals surface area contributed by atoms with Crippen molar-refractivity contribution in [3.63, 3.8) is 0 Å². The van der Waals surface area contributed by atoms with Crippen molar-refractivity contribution in [2.24, 2.45) is 0 Å². The Hall–Kier alpha value is -2.02. The number of rotatable bonds is 4. The first-order chi connectivity index (χ1) is 9.52. The van der Waals surface area contributed by atoms with Gasteiger partial charge in [0.25, 0.3) is 11.5 Å². The molecule has 0 spiro atoms. The molecule has 0 bridgehead atoms. The first-order valence-corrected chi connectivity index (χ1v) is 7.12. The number of hydrogen-bond donors (Lipinski definition) is 2.